The van der Waals surface area contributed by atoms with Crippen LogP contribution in [0.25, 0.3) is 0 Å². The maximum atomic E-state index is 14.7. The van der Waals surface area contributed by atoms with Crippen LogP contribution in [-0.2, 0) is 9.53 Å². The lowest BCUT2D eigenvalue weighted by Gasteiger charge is -2.41. The zero-order chi connectivity index (χ0) is 28.3. The van der Waals surface area contributed by atoms with E-state index in [2.05, 4.69) is 10.2 Å². The van der Waals surface area contributed by atoms with Crippen molar-refractivity contribution in [2.24, 2.45) is 0 Å². The third-order valence-electron chi connectivity index (χ3n) is 7.12. The van der Waals surface area contributed by atoms with Gasteiger partial charge in [0.1, 0.15) is 17.5 Å². The number of carbonyl (C=O) groups excluding carboxylic acids is 2. The van der Waals surface area contributed by atoms with E-state index in [1.165, 1.54) is 6.07 Å². The van der Waals surface area contributed by atoms with Crippen molar-refractivity contribution < 1.29 is 18.7 Å². The van der Waals surface area contributed by atoms with Gasteiger partial charge in [0.2, 0.25) is 5.91 Å². The molecule has 2 atom stereocenters. The number of likely N-dealkylation sites (tertiary alicyclic amines) is 1. The zero-order valence-electron chi connectivity index (χ0n) is 23.0. The first kappa shape index (κ1) is 29.3. The average molecular weight is 580 g/mol. The van der Waals surface area contributed by atoms with Gasteiger partial charge in [-0.3, -0.25) is 9.69 Å². The zero-order valence-corrected chi connectivity index (χ0v) is 24.5. The summed E-state index contributed by atoms with van der Waals surface area (Å²) in [5.41, 5.74) is 1.45. The van der Waals surface area contributed by atoms with Gasteiger partial charge in [0, 0.05) is 48.5 Å². The number of amides is 2. The van der Waals surface area contributed by atoms with Crippen LogP contribution in [0.3, 0.4) is 0 Å². The molecule has 7 nitrogen and oxygen atoms in total. The Hall–Kier alpha value is -2.71. The number of benzene rings is 2. The van der Waals surface area contributed by atoms with Crippen molar-refractivity contribution in [1.29, 1.82) is 0 Å². The Balaban J connectivity index is 1.39. The van der Waals surface area contributed by atoms with E-state index in [1.54, 1.807) is 29.2 Å². The highest BCUT2D eigenvalue weighted by atomic mass is 35.5. The van der Waals surface area contributed by atoms with E-state index in [4.69, 9.17) is 27.9 Å². The summed E-state index contributed by atoms with van der Waals surface area (Å²) in [5.74, 6) is -0.389. The number of rotatable bonds is 5. The largest absolute Gasteiger partial charge is 0.444 e. The number of nitrogens with zero attached hydrogens (tertiary/aromatic N) is 3. The molecule has 2 aromatic rings. The molecule has 0 radical (unpaired) electrons. The summed E-state index contributed by atoms with van der Waals surface area (Å²) >= 11 is 12.4. The molecule has 2 aliphatic heterocycles. The lowest BCUT2D eigenvalue weighted by atomic mass is 10.0. The van der Waals surface area contributed by atoms with E-state index in [9.17, 15) is 14.0 Å². The fourth-order valence-corrected chi connectivity index (χ4v) is 5.68. The van der Waals surface area contributed by atoms with Crippen LogP contribution in [0.2, 0.25) is 10.0 Å². The summed E-state index contributed by atoms with van der Waals surface area (Å²) in [6, 6.07) is 9.52. The second-order valence-corrected chi connectivity index (χ2v) is 12.0. The Kier molecular flexibility index (Phi) is 9.17. The number of hydrogen-bond acceptors (Lipinski definition) is 5. The molecular formula is C29H37Cl2FN4O3. The number of ether oxygens (including phenoxy) is 1. The Labute approximate surface area is 240 Å². The fraction of sp³-hybridized carbons (Fsp3) is 0.517. The van der Waals surface area contributed by atoms with Crippen LogP contribution >= 0.6 is 23.2 Å². The minimum Gasteiger partial charge on any atom is -0.444 e. The molecule has 1 N–H and O–H groups in total. The Bertz CT molecular complexity index is 1200. The quantitative estimate of drug-likeness (QED) is 0.425. The summed E-state index contributed by atoms with van der Waals surface area (Å²) in [6.07, 6.45) is 1.97. The molecule has 4 rings (SSSR count). The van der Waals surface area contributed by atoms with Gasteiger partial charge in [0.25, 0.3) is 0 Å². The van der Waals surface area contributed by atoms with Gasteiger partial charge in [-0.1, -0.05) is 29.3 Å². The molecule has 0 bridgehead atoms. The molecule has 2 aliphatic rings. The second kappa shape index (κ2) is 12.2. The molecule has 0 spiro atoms. The molecule has 2 amide bonds. The lowest BCUT2D eigenvalue weighted by Crippen LogP contribution is -2.57. The molecule has 212 valence electrons. The van der Waals surface area contributed by atoms with Crippen molar-refractivity contribution in [2.75, 3.05) is 42.9 Å². The summed E-state index contributed by atoms with van der Waals surface area (Å²) in [7, 11) is 0. The number of piperidine rings is 1. The number of hydrogen-bond donors (Lipinski definition) is 1. The van der Waals surface area contributed by atoms with E-state index in [-0.39, 0.29) is 17.8 Å². The molecule has 0 aliphatic carbocycles. The molecule has 0 aromatic heterocycles. The second-order valence-electron chi connectivity index (χ2n) is 11.2. The van der Waals surface area contributed by atoms with Gasteiger partial charge in [-0.2, -0.15) is 0 Å². The number of nitrogens with one attached hydrogen (secondary N) is 1. The molecule has 1 unspecified atom stereocenters. The van der Waals surface area contributed by atoms with Crippen LogP contribution < -0.4 is 10.2 Å². The normalized spacial score (nSPS) is 19.1. The summed E-state index contributed by atoms with van der Waals surface area (Å²) in [5, 5.41) is 4.29. The third kappa shape index (κ3) is 7.28. The van der Waals surface area contributed by atoms with Crippen molar-refractivity contribution in [3.8, 4) is 0 Å². The van der Waals surface area contributed by atoms with Crippen LogP contribution in [-0.4, -0.2) is 66.2 Å². The minimum atomic E-state index is -0.616. The first-order valence-corrected chi connectivity index (χ1v) is 14.2. The summed E-state index contributed by atoms with van der Waals surface area (Å²) in [6.45, 7) is 10.2. The van der Waals surface area contributed by atoms with Gasteiger partial charge in [-0.15, -0.1) is 0 Å². The monoisotopic (exact) mass is 578 g/mol. The summed E-state index contributed by atoms with van der Waals surface area (Å²) in [4.78, 5) is 31.8. The first-order chi connectivity index (χ1) is 18.4. The van der Waals surface area contributed by atoms with E-state index in [0.29, 0.717) is 54.9 Å². The molecule has 0 saturated carbocycles. The van der Waals surface area contributed by atoms with Crippen LogP contribution in [0.4, 0.5) is 20.6 Å². The molecule has 2 fully saturated rings. The SMILES string of the molecule is C[C@@H](Nc1cc(N2CCN(C(=O)C3CCCCN3C(=O)OC(C)(C)C)CC2)ccc1F)c1ccc(Cl)cc1Cl. The van der Waals surface area contributed by atoms with E-state index >= 15 is 0 Å². The van der Waals surface area contributed by atoms with Gasteiger partial charge in [0.15, 0.2) is 0 Å². The maximum Gasteiger partial charge on any atom is 0.410 e. The molecule has 10 heteroatoms. The van der Waals surface area contributed by atoms with Gasteiger partial charge in [0.05, 0.1) is 11.7 Å². The van der Waals surface area contributed by atoms with Crippen LogP contribution in [0.5, 0.6) is 0 Å². The Morgan fingerprint density at radius 2 is 1.74 bits per heavy atom. The van der Waals surface area contributed by atoms with E-state index in [1.807, 2.05) is 38.7 Å². The Morgan fingerprint density at radius 3 is 2.41 bits per heavy atom. The molecule has 2 aromatic carbocycles. The van der Waals surface area contributed by atoms with E-state index in [0.717, 1.165) is 24.1 Å². The number of piperazine rings is 1. The van der Waals surface area contributed by atoms with Crippen molar-refractivity contribution in [3.63, 3.8) is 0 Å². The maximum absolute atomic E-state index is 14.7. The van der Waals surface area contributed by atoms with Crippen LogP contribution in [0.1, 0.15) is 58.6 Å². The van der Waals surface area contributed by atoms with Crippen molar-refractivity contribution in [3.05, 3.63) is 57.8 Å². The number of halogens is 3. The topological polar surface area (TPSA) is 65.1 Å². The predicted octanol–water partition coefficient (Wildman–Crippen LogP) is 6.74. The van der Waals surface area contributed by atoms with Gasteiger partial charge in [-0.05, 0) is 82.9 Å². The molecular weight excluding hydrogens is 542 g/mol. The van der Waals surface area contributed by atoms with Crippen LogP contribution in [0.15, 0.2) is 36.4 Å². The molecule has 39 heavy (non-hydrogen) atoms. The Morgan fingerprint density at radius 1 is 1.03 bits per heavy atom. The summed E-state index contributed by atoms with van der Waals surface area (Å²) < 4.78 is 20.3. The average Bonchev–Trinajstić information content (AvgIpc) is 2.88. The highest BCUT2D eigenvalue weighted by molar-refractivity contribution is 6.35. The predicted molar refractivity (Wildman–Crippen MR) is 154 cm³/mol. The van der Waals surface area contributed by atoms with Crippen molar-refractivity contribution in [2.45, 2.75) is 64.6 Å². The highest BCUT2D eigenvalue weighted by Gasteiger charge is 2.37. The number of anilines is 2. The van der Waals surface area contributed by atoms with Crippen LogP contribution in [0, 0.1) is 5.82 Å². The lowest BCUT2D eigenvalue weighted by molar-refractivity contribution is -0.138. The van der Waals surface area contributed by atoms with Gasteiger partial charge < -0.3 is 19.9 Å². The standard InChI is InChI=1S/C29H37Cl2FN4O3/c1-19(22-10-8-20(30)17-23(22)31)33-25-18-21(9-11-24(25)32)34-13-15-35(16-14-34)27(37)26-7-5-6-12-36(26)28(38)39-29(2,3)4/h8-11,17-19,26,33H,5-7,12-16H2,1-4H3/t19-,26?/m1/s1. The molecule has 2 heterocycles. The first-order valence-electron chi connectivity index (χ1n) is 13.5. The van der Waals surface area contributed by atoms with E-state index < -0.39 is 17.7 Å². The van der Waals surface area contributed by atoms with Gasteiger partial charge >= 0.3 is 6.09 Å². The number of carbonyl (C=O) groups is 2. The highest BCUT2D eigenvalue weighted by Crippen LogP contribution is 2.31. The van der Waals surface area contributed by atoms with Crippen molar-refractivity contribution in [1.82, 2.24) is 9.80 Å². The smallest absolute Gasteiger partial charge is 0.410 e. The minimum absolute atomic E-state index is 0.0321. The third-order valence-corrected chi connectivity index (χ3v) is 7.69. The van der Waals surface area contributed by atoms with Gasteiger partial charge in [-0.25, -0.2) is 9.18 Å². The van der Waals surface area contributed by atoms with Crippen molar-refractivity contribution >= 4 is 46.6 Å². The molecule has 2 saturated heterocycles. The fourth-order valence-electron chi connectivity index (χ4n) is 5.11.